The van der Waals surface area contributed by atoms with Gasteiger partial charge < -0.3 is 19.9 Å². The highest BCUT2D eigenvalue weighted by Crippen LogP contribution is 2.44. The minimum absolute atomic E-state index is 0.0460. The van der Waals surface area contributed by atoms with Crippen molar-refractivity contribution in [3.8, 4) is 5.75 Å². The van der Waals surface area contributed by atoms with Gasteiger partial charge in [-0.25, -0.2) is 4.99 Å². The first-order chi connectivity index (χ1) is 25.0. The molecule has 258 valence electrons. The lowest BCUT2D eigenvalue weighted by Gasteiger charge is -2.32. The van der Waals surface area contributed by atoms with Crippen molar-refractivity contribution in [1.29, 1.82) is 0 Å². The summed E-state index contributed by atoms with van der Waals surface area (Å²) in [5, 5.41) is 16.3. The van der Waals surface area contributed by atoms with E-state index in [1.165, 1.54) is 0 Å². The lowest BCUT2D eigenvalue weighted by molar-refractivity contribution is -0.129. The van der Waals surface area contributed by atoms with Crippen molar-refractivity contribution < 1.29 is 19.4 Å². The van der Waals surface area contributed by atoms with Crippen LogP contribution in [0.1, 0.15) is 51.8 Å². The Labute approximate surface area is 305 Å². The molecule has 1 amide bonds. The Morgan fingerprint density at radius 3 is 2.18 bits per heavy atom. The maximum absolute atomic E-state index is 15.1. The number of aliphatic hydroxyl groups excluding tert-OH is 1. The second-order valence-corrected chi connectivity index (χ2v) is 13.1. The molecule has 0 saturated heterocycles. The van der Waals surface area contributed by atoms with E-state index >= 15 is 4.79 Å². The van der Waals surface area contributed by atoms with Crippen LogP contribution in [0.4, 0.5) is 0 Å². The van der Waals surface area contributed by atoms with Crippen LogP contribution in [0.25, 0.3) is 10.4 Å². The van der Waals surface area contributed by atoms with Crippen molar-refractivity contribution >= 4 is 27.7 Å². The van der Waals surface area contributed by atoms with E-state index in [9.17, 15) is 5.53 Å². The smallest absolute Gasteiger partial charge is 0.252 e. The van der Waals surface area contributed by atoms with Crippen LogP contribution in [0.15, 0.2) is 148 Å². The lowest BCUT2D eigenvalue weighted by atomic mass is 9.80. The summed E-state index contributed by atoms with van der Waals surface area (Å²) in [4.78, 5) is 23.3. The minimum Gasteiger partial charge on any atom is -0.494 e. The van der Waals surface area contributed by atoms with Gasteiger partial charge >= 0.3 is 0 Å². The monoisotopic (exact) mass is 743 g/mol. The second-order valence-electron chi connectivity index (χ2n) is 12.2. The third-order valence-electron chi connectivity index (χ3n) is 8.96. The number of ether oxygens (including phenoxy) is 2. The number of nitrogens with one attached hydrogen (secondary N) is 1. The van der Waals surface area contributed by atoms with Gasteiger partial charge in [-0.2, -0.15) is 0 Å². The van der Waals surface area contributed by atoms with Gasteiger partial charge in [0.15, 0.2) is 11.6 Å². The second kappa shape index (κ2) is 17.0. The Morgan fingerprint density at radius 1 is 0.902 bits per heavy atom. The fourth-order valence-electron chi connectivity index (χ4n) is 6.38. The Bertz CT molecular complexity index is 1960. The average molecular weight is 745 g/mol. The van der Waals surface area contributed by atoms with Crippen molar-refractivity contribution in [3.63, 3.8) is 0 Å². The van der Waals surface area contributed by atoms with Crippen molar-refractivity contribution in [1.82, 2.24) is 5.32 Å². The van der Waals surface area contributed by atoms with Crippen LogP contribution in [0, 0.1) is 0 Å². The molecular formula is C41H38BrN5O4. The van der Waals surface area contributed by atoms with E-state index in [4.69, 9.17) is 19.6 Å². The van der Waals surface area contributed by atoms with E-state index in [1.54, 1.807) is 0 Å². The summed E-state index contributed by atoms with van der Waals surface area (Å²) < 4.78 is 13.4. The van der Waals surface area contributed by atoms with Gasteiger partial charge in [-0.15, -0.1) is 0 Å². The zero-order valence-corrected chi connectivity index (χ0v) is 29.5. The van der Waals surface area contributed by atoms with Crippen LogP contribution in [-0.2, 0) is 22.5 Å². The number of carbonyl (C=O) groups excluding carboxylic acids is 1. The fourth-order valence-corrected chi connectivity index (χ4v) is 6.80. The Hall–Kier alpha value is -5.41. The molecule has 5 aromatic carbocycles. The zero-order valence-electron chi connectivity index (χ0n) is 27.9. The van der Waals surface area contributed by atoms with E-state index in [1.807, 2.05) is 109 Å². The van der Waals surface area contributed by atoms with Crippen LogP contribution < -0.4 is 10.1 Å². The van der Waals surface area contributed by atoms with E-state index in [0.717, 1.165) is 26.7 Å². The van der Waals surface area contributed by atoms with Gasteiger partial charge in [-0.1, -0.05) is 124 Å². The quantitative estimate of drug-likeness (QED) is 0.0482. The van der Waals surface area contributed by atoms with Gasteiger partial charge in [-0.05, 0) is 63.7 Å². The number of aliphatic hydroxyl groups is 1. The van der Waals surface area contributed by atoms with Crippen LogP contribution in [0.3, 0.4) is 0 Å². The number of carbonyl (C=O) groups is 1. The molecule has 0 spiro atoms. The third-order valence-corrected chi connectivity index (χ3v) is 9.73. The van der Waals surface area contributed by atoms with Crippen LogP contribution in [0.5, 0.6) is 5.75 Å². The summed E-state index contributed by atoms with van der Waals surface area (Å²) in [5.41, 5.74) is 12.9. The maximum Gasteiger partial charge on any atom is 0.252 e. The molecule has 1 aliphatic rings. The zero-order chi connectivity index (χ0) is 35.5. The number of azide groups is 1. The Balaban J connectivity index is 1.45. The number of benzene rings is 5. The number of nitrogens with zero attached hydrogens (tertiary/aromatic N) is 4. The Kier molecular flexibility index (Phi) is 11.8. The van der Waals surface area contributed by atoms with Crippen LogP contribution in [0.2, 0.25) is 0 Å². The molecule has 1 aliphatic heterocycles. The van der Waals surface area contributed by atoms with Gasteiger partial charge in [0, 0.05) is 46.9 Å². The molecule has 2 N–H and O–H groups in total. The number of hydrogen-bond acceptors (Lipinski definition) is 6. The molecule has 0 saturated carbocycles. The predicted molar refractivity (Wildman–Crippen MR) is 202 cm³/mol. The number of amides is 1. The summed E-state index contributed by atoms with van der Waals surface area (Å²) in [6, 6.07) is 42.9. The SMILES string of the molecule is [N-]=[N+]=NCc1ccccc1[C@H]1OC(c2ccc(OCCCO)cc2)=N[C@@]1(Cc1ccccc1Br)C(=O)NCC(c1ccccc1)c1ccccc1. The molecule has 5 aromatic rings. The molecule has 9 nitrogen and oxygen atoms in total. The molecule has 2 atom stereocenters. The fraction of sp³-hybridized carbons (Fsp3) is 0.220. The van der Waals surface area contributed by atoms with Crippen molar-refractivity contribution in [3.05, 3.63) is 182 Å². The molecular weight excluding hydrogens is 706 g/mol. The first kappa shape index (κ1) is 35.4. The molecule has 6 rings (SSSR count). The number of rotatable bonds is 15. The Morgan fingerprint density at radius 2 is 1.53 bits per heavy atom. The summed E-state index contributed by atoms with van der Waals surface area (Å²) in [6.07, 6.45) is -0.123. The van der Waals surface area contributed by atoms with Gasteiger partial charge in [0.1, 0.15) is 5.75 Å². The van der Waals surface area contributed by atoms with Crippen LogP contribution in [-0.4, -0.2) is 42.2 Å². The molecule has 0 fully saturated rings. The van der Waals surface area contributed by atoms with Gasteiger partial charge in [0.25, 0.3) is 5.91 Å². The van der Waals surface area contributed by atoms with Gasteiger partial charge in [-0.3, -0.25) is 4.79 Å². The largest absolute Gasteiger partial charge is 0.494 e. The van der Waals surface area contributed by atoms with Crippen LogP contribution >= 0.6 is 15.9 Å². The molecule has 0 radical (unpaired) electrons. The highest BCUT2D eigenvalue weighted by atomic mass is 79.9. The molecule has 10 heteroatoms. The average Bonchev–Trinajstić information content (AvgIpc) is 3.56. The first-order valence-electron chi connectivity index (χ1n) is 16.8. The van der Waals surface area contributed by atoms with Crippen molar-refractivity contribution in [2.75, 3.05) is 19.8 Å². The highest BCUT2D eigenvalue weighted by Gasteiger charge is 2.54. The molecule has 51 heavy (non-hydrogen) atoms. The number of hydrogen-bond donors (Lipinski definition) is 2. The molecule has 0 unspecified atom stereocenters. The topological polar surface area (TPSA) is 129 Å². The van der Waals surface area contributed by atoms with Crippen molar-refractivity contribution in [2.24, 2.45) is 10.1 Å². The highest BCUT2D eigenvalue weighted by molar-refractivity contribution is 9.10. The summed E-state index contributed by atoms with van der Waals surface area (Å²) >= 11 is 3.71. The minimum atomic E-state index is -1.46. The third kappa shape index (κ3) is 8.32. The normalized spacial score (nSPS) is 16.5. The summed E-state index contributed by atoms with van der Waals surface area (Å²) in [5.74, 6) is 0.548. The van der Waals surface area contributed by atoms with Gasteiger partial charge in [0.05, 0.1) is 13.2 Å². The maximum atomic E-state index is 15.1. The number of aliphatic imine (C=N–C) groups is 1. The summed E-state index contributed by atoms with van der Waals surface area (Å²) in [6.45, 7) is 0.838. The summed E-state index contributed by atoms with van der Waals surface area (Å²) in [7, 11) is 0. The lowest BCUT2D eigenvalue weighted by Crippen LogP contribution is -2.51. The standard InChI is InChI=1S/C41H38BrN5O4/c42-37-19-10-8-16-32(37)26-41(40(49)44-28-36(29-12-3-1-4-13-29)30-14-5-2-6-15-30)38(35-18-9-7-17-33(35)27-45-47-43)51-39(46-41)31-20-22-34(23-21-31)50-25-11-24-48/h1-10,12-23,36,38,48H,11,24-28H2,(H,44,49)/t38-,41-/m1/s1. The molecule has 1 heterocycles. The predicted octanol–water partition coefficient (Wildman–Crippen LogP) is 8.47. The van der Waals surface area contributed by atoms with Crippen molar-refractivity contribution in [2.45, 2.75) is 36.9 Å². The van der Waals surface area contributed by atoms with E-state index in [0.29, 0.717) is 42.3 Å². The molecule has 0 bridgehead atoms. The van der Waals surface area contributed by atoms with E-state index in [2.05, 4.69) is 55.5 Å². The van der Waals surface area contributed by atoms with E-state index in [-0.39, 0.29) is 31.4 Å². The first-order valence-corrected chi connectivity index (χ1v) is 17.6. The molecule has 0 aromatic heterocycles. The van der Waals surface area contributed by atoms with Gasteiger partial charge in [0.2, 0.25) is 5.90 Å². The van der Waals surface area contributed by atoms with E-state index < -0.39 is 11.6 Å². The number of halogens is 1. The molecule has 0 aliphatic carbocycles.